The Morgan fingerprint density at radius 1 is 1.37 bits per heavy atom. The van der Waals surface area contributed by atoms with Gasteiger partial charge in [0.25, 0.3) is 0 Å². The van der Waals surface area contributed by atoms with E-state index in [9.17, 15) is 9.59 Å². The molecule has 2 aliphatic rings. The first kappa shape index (κ1) is 14.3. The van der Waals surface area contributed by atoms with Gasteiger partial charge < -0.3 is 16.0 Å². The molecule has 1 atom stereocenters. The maximum Gasteiger partial charge on any atom is 0.242 e. The molecule has 5 nitrogen and oxygen atoms in total. The third kappa shape index (κ3) is 3.26. The lowest BCUT2D eigenvalue weighted by Crippen LogP contribution is -2.55. The van der Waals surface area contributed by atoms with Crippen LogP contribution >= 0.6 is 0 Å². The molecule has 0 bridgehead atoms. The van der Waals surface area contributed by atoms with Crippen molar-refractivity contribution in [2.75, 3.05) is 19.6 Å². The topological polar surface area (TPSA) is 70.2 Å². The van der Waals surface area contributed by atoms with E-state index in [1.165, 1.54) is 0 Å². The van der Waals surface area contributed by atoms with E-state index in [0.717, 1.165) is 58.2 Å². The molecule has 2 saturated heterocycles. The number of amides is 2. The van der Waals surface area contributed by atoms with Gasteiger partial charge in [0.1, 0.15) is 6.04 Å². The summed E-state index contributed by atoms with van der Waals surface area (Å²) in [5, 5.41) is 9.11. The zero-order valence-electron chi connectivity index (χ0n) is 11.8. The minimum atomic E-state index is -0.329. The normalized spacial score (nSPS) is 26.6. The van der Waals surface area contributed by atoms with Crippen LogP contribution in [0.25, 0.3) is 0 Å². The maximum absolute atomic E-state index is 12.6. The highest BCUT2D eigenvalue weighted by Gasteiger charge is 2.40. The van der Waals surface area contributed by atoms with Crippen LogP contribution in [-0.4, -0.2) is 37.5 Å². The van der Waals surface area contributed by atoms with Crippen LogP contribution in [0, 0.1) is 5.41 Å². The summed E-state index contributed by atoms with van der Waals surface area (Å²) < 4.78 is 0. The van der Waals surface area contributed by atoms with Crippen LogP contribution in [0.5, 0.6) is 0 Å². The van der Waals surface area contributed by atoms with Crippen molar-refractivity contribution < 1.29 is 9.59 Å². The Kier molecular flexibility index (Phi) is 4.80. The highest BCUT2D eigenvalue weighted by atomic mass is 16.2. The van der Waals surface area contributed by atoms with Gasteiger partial charge in [0, 0.05) is 6.54 Å². The summed E-state index contributed by atoms with van der Waals surface area (Å²) in [7, 11) is 0. The predicted octanol–water partition coefficient (Wildman–Crippen LogP) is 0.551. The zero-order chi connectivity index (χ0) is 13.7. The molecule has 3 N–H and O–H groups in total. The lowest BCUT2D eigenvalue weighted by atomic mass is 9.74. The molecule has 0 radical (unpaired) electrons. The summed E-state index contributed by atoms with van der Waals surface area (Å²) >= 11 is 0. The number of hydrogen-bond donors (Lipinski definition) is 3. The van der Waals surface area contributed by atoms with E-state index in [-0.39, 0.29) is 23.3 Å². The fraction of sp³-hybridized carbons (Fsp3) is 0.857. The summed E-state index contributed by atoms with van der Waals surface area (Å²) in [5.41, 5.74) is -0.266. The van der Waals surface area contributed by atoms with Crippen molar-refractivity contribution in [1.29, 1.82) is 0 Å². The molecule has 5 heteroatoms. The lowest BCUT2D eigenvalue weighted by molar-refractivity contribution is -0.137. The van der Waals surface area contributed by atoms with Crippen LogP contribution in [0.2, 0.25) is 0 Å². The van der Waals surface area contributed by atoms with Crippen LogP contribution in [0.4, 0.5) is 0 Å². The SMILES string of the molecule is CCCC1(C(=O)NC2CCCNC2=O)CCNCC1. The lowest BCUT2D eigenvalue weighted by Gasteiger charge is -2.37. The predicted molar refractivity (Wildman–Crippen MR) is 73.6 cm³/mol. The van der Waals surface area contributed by atoms with Gasteiger partial charge in [0.2, 0.25) is 11.8 Å². The molecule has 0 aromatic carbocycles. The van der Waals surface area contributed by atoms with Crippen LogP contribution < -0.4 is 16.0 Å². The van der Waals surface area contributed by atoms with Crippen molar-refractivity contribution in [2.45, 2.75) is 51.5 Å². The van der Waals surface area contributed by atoms with Crippen LogP contribution in [0.3, 0.4) is 0 Å². The highest BCUT2D eigenvalue weighted by molar-refractivity contribution is 5.90. The van der Waals surface area contributed by atoms with E-state index in [1.54, 1.807) is 0 Å². The summed E-state index contributed by atoms with van der Waals surface area (Å²) in [6.45, 7) is 4.63. The largest absolute Gasteiger partial charge is 0.354 e. The molecule has 2 rings (SSSR count). The average Bonchev–Trinajstić information content (AvgIpc) is 2.42. The van der Waals surface area contributed by atoms with Gasteiger partial charge in [-0.1, -0.05) is 13.3 Å². The van der Waals surface area contributed by atoms with Crippen molar-refractivity contribution >= 4 is 11.8 Å². The van der Waals surface area contributed by atoms with E-state index in [0.29, 0.717) is 0 Å². The van der Waals surface area contributed by atoms with Crippen molar-refractivity contribution in [3.63, 3.8) is 0 Å². The molecule has 0 aromatic rings. The van der Waals surface area contributed by atoms with E-state index in [4.69, 9.17) is 0 Å². The molecule has 0 saturated carbocycles. The number of carbonyl (C=O) groups excluding carboxylic acids is 2. The fourth-order valence-corrected chi connectivity index (χ4v) is 3.20. The van der Waals surface area contributed by atoms with Crippen LogP contribution in [-0.2, 0) is 9.59 Å². The van der Waals surface area contributed by atoms with E-state index < -0.39 is 0 Å². The Hall–Kier alpha value is -1.10. The quantitative estimate of drug-likeness (QED) is 0.697. The first-order valence-electron chi connectivity index (χ1n) is 7.47. The number of rotatable bonds is 4. The van der Waals surface area contributed by atoms with Crippen molar-refractivity contribution in [2.24, 2.45) is 5.41 Å². The summed E-state index contributed by atoms with van der Waals surface area (Å²) in [6.07, 6.45) is 5.37. The first-order valence-corrected chi connectivity index (χ1v) is 7.47. The third-order valence-corrected chi connectivity index (χ3v) is 4.36. The van der Waals surface area contributed by atoms with Crippen molar-refractivity contribution in [3.8, 4) is 0 Å². The second-order valence-corrected chi connectivity index (χ2v) is 5.74. The fourth-order valence-electron chi connectivity index (χ4n) is 3.20. The molecule has 1 unspecified atom stereocenters. The van der Waals surface area contributed by atoms with Crippen LogP contribution in [0.1, 0.15) is 45.4 Å². The minimum absolute atomic E-state index is 0.0276. The highest BCUT2D eigenvalue weighted by Crippen LogP contribution is 2.34. The number of nitrogens with one attached hydrogen (secondary N) is 3. The Morgan fingerprint density at radius 2 is 2.11 bits per heavy atom. The molecule has 2 aliphatic heterocycles. The van der Waals surface area contributed by atoms with Gasteiger partial charge in [-0.15, -0.1) is 0 Å². The molecule has 108 valence electrons. The van der Waals surface area contributed by atoms with Gasteiger partial charge in [0.05, 0.1) is 5.41 Å². The smallest absolute Gasteiger partial charge is 0.242 e. The Morgan fingerprint density at radius 3 is 2.74 bits per heavy atom. The second kappa shape index (κ2) is 6.37. The molecule has 0 aliphatic carbocycles. The van der Waals surface area contributed by atoms with Gasteiger partial charge in [-0.2, -0.15) is 0 Å². The number of carbonyl (C=O) groups is 2. The Bertz CT molecular complexity index is 332. The Balaban J connectivity index is 2.00. The first-order chi connectivity index (χ1) is 9.18. The van der Waals surface area contributed by atoms with Gasteiger partial charge in [-0.05, 0) is 45.2 Å². The van der Waals surface area contributed by atoms with E-state index in [1.807, 2.05) is 0 Å². The standard InChI is InChI=1S/C14H25N3O2/c1-2-5-14(6-9-15-10-7-14)13(19)17-11-4-3-8-16-12(11)18/h11,15H,2-10H2,1H3,(H,16,18)(H,17,19). The average molecular weight is 267 g/mol. The minimum Gasteiger partial charge on any atom is -0.354 e. The van der Waals surface area contributed by atoms with E-state index >= 15 is 0 Å². The van der Waals surface area contributed by atoms with Gasteiger partial charge in [-0.3, -0.25) is 9.59 Å². The van der Waals surface area contributed by atoms with Gasteiger partial charge >= 0.3 is 0 Å². The van der Waals surface area contributed by atoms with Crippen LogP contribution in [0.15, 0.2) is 0 Å². The maximum atomic E-state index is 12.6. The summed E-state index contributed by atoms with van der Waals surface area (Å²) in [5.74, 6) is 0.0538. The number of piperidine rings is 2. The molecule has 2 heterocycles. The molecule has 19 heavy (non-hydrogen) atoms. The number of hydrogen-bond acceptors (Lipinski definition) is 3. The zero-order valence-corrected chi connectivity index (χ0v) is 11.8. The van der Waals surface area contributed by atoms with Gasteiger partial charge in [0.15, 0.2) is 0 Å². The second-order valence-electron chi connectivity index (χ2n) is 5.74. The summed E-state index contributed by atoms with van der Waals surface area (Å²) in [4.78, 5) is 24.3. The molecule has 0 spiro atoms. The van der Waals surface area contributed by atoms with E-state index in [2.05, 4.69) is 22.9 Å². The molecule has 2 fully saturated rings. The molecular formula is C14H25N3O2. The Labute approximate surface area is 114 Å². The van der Waals surface area contributed by atoms with Gasteiger partial charge in [-0.25, -0.2) is 0 Å². The molecule has 2 amide bonds. The monoisotopic (exact) mass is 267 g/mol. The third-order valence-electron chi connectivity index (χ3n) is 4.36. The van der Waals surface area contributed by atoms with Crippen molar-refractivity contribution in [1.82, 2.24) is 16.0 Å². The van der Waals surface area contributed by atoms with Crippen molar-refractivity contribution in [3.05, 3.63) is 0 Å². The summed E-state index contributed by atoms with van der Waals surface area (Å²) in [6, 6.07) is -0.329. The molecule has 0 aromatic heterocycles. The molecular weight excluding hydrogens is 242 g/mol.